The number of carbonyl (C=O) groups excluding carboxylic acids is 1. The molecule has 1 aromatic carbocycles. The Morgan fingerprint density at radius 1 is 1.39 bits per heavy atom. The number of amides is 1. The van der Waals surface area contributed by atoms with Crippen LogP contribution in [0.15, 0.2) is 18.2 Å². The number of hydrogen-bond acceptors (Lipinski definition) is 3. The van der Waals surface area contributed by atoms with E-state index in [1.165, 1.54) is 0 Å². The van der Waals surface area contributed by atoms with Gasteiger partial charge in [0.25, 0.3) is 5.91 Å². The van der Waals surface area contributed by atoms with E-state index in [2.05, 4.69) is 5.32 Å². The van der Waals surface area contributed by atoms with E-state index in [0.29, 0.717) is 23.6 Å². The zero-order valence-corrected chi connectivity index (χ0v) is 11.5. The summed E-state index contributed by atoms with van der Waals surface area (Å²) in [6.07, 6.45) is 0.901. The van der Waals surface area contributed by atoms with Gasteiger partial charge < -0.3 is 15.8 Å². The Morgan fingerprint density at radius 3 is 2.61 bits per heavy atom. The minimum absolute atomic E-state index is 0.121. The molecule has 1 aromatic rings. The van der Waals surface area contributed by atoms with Crippen LogP contribution in [0.2, 0.25) is 0 Å². The molecule has 0 fully saturated rings. The number of rotatable bonds is 4. The highest BCUT2D eigenvalue weighted by Gasteiger charge is 2.16. The first-order valence-electron chi connectivity index (χ1n) is 6.18. The van der Waals surface area contributed by atoms with Crippen molar-refractivity contribution < 1.29 is 9.53 Å². The molecular formula is C14H22N2O2. The molecule has 3 N–H and O–H groups in total. The summed E-state index contributed by atoms with van der Waals surface area (Å²) in [4.78, 5) is 12.0. The molecule has 4 heteroatoms. The topological polar surface area (TPSA) is 64.3 Å². The molecule has 18 heavy (non-hydrogen) atoms. The van der Waals surface area contributed by atoms with Crippen molar-refractivity contribution in [2.45, 2.75) is 39.7 Å². The molecule has 0 saturated heterocycles. The van der Waals surface area contributed by atoms with Crippen LogP contribution in [0.1, 0.15) is 44.5 Å². The Balaban J connectivity index is 2.87. The highest BCUT2D eigenvalue weighted by Crippen LogP contribution is 2.23. The molecule has 0 spiro atoms. The maximum atomic E-state index is 12.0. The monoisotopic (exact) mass is 250 g/mol. The fourth-order valence-electron chi connectivity index (χ4n) is 1.43. The van der Waals surface area contributed by atoms with Crippen molar-refractivity contribution in [3.05, 3.63) is 23.8 Å². The van der Waals surface area contributed by atoms with Gasteiger partial charge in [-0.2, -0.15) is 0 Å². The Labute approximate surface area is 109 Å². The molecule has 0 aromatic heterocycles. The van der Waals surface area contributed by atoms with Crippen LogP contribution in [0.4, 0.5) is 5.69 Å². The summed E-state index contributed by atoms with van der Waals surface area (Å²) in [5, 5.41) is 2.90. The van der Waals surface area contributed by atoms with Crippen LogP contribution in [0.25, 0.3) is 0 Å². The third kappa shape index (κ3) is 4.28. The zero-order chi connectivity index (χ0) is 13.8. The highest BCUT2D eigenvalue weighted by atomic mass is 16.5. The molecule has 0 aliphatic carbocycles. The number of carbonyl (C=O) groups is 1. The number of nitrogen functional groups attached to an aromatic ring is 1. The largest absolute Gasteiger partial charge is 0.491 e. The Hall–Kier alpha value is -1.71. The standard InChI is InChI=1S/C14H22N2O2/c1-5-8-18-12-9-10(6-7-11(12)15)13(17)16-14(2,3)4/h6-7,9H,5,8,15H2,1-4H3,(H,16,17). The first-order chi connectivity index (χ1) is 8.33. The van der Waals surface area contributed by atoms with E-state index in [1.54, 1.807) is 18.2 Å². The van der Waals surface area contributed by atoms with Crippen molar-refractivity contribution >= 4 is 11.6 Å². The second kappa shape index (κ2) is 5.76. The average Bonchev–Trinajstić information content (AvgIpc) is 2.25. The van der Waals surface area contributed by atoms with E-state index in [4.69, 9.17) is 10.5 Å². The number of hydrogen-bond donors (Lipinski definition) is 2. The first kappa shape index (κ1) is 14.4. The molecule has 0 radical (unpaired) electrons. The van der Waals surface area contributed by atoms with Crippen LogP contribution in [-0.4, -0.2) is 18.1 Å². The summed E-state index contributed by atoms with van der Waals surface area (Å²) in [7, 11) is 0. The molecule has 1 rings (SSSR count). The van der Waals surface area contributed by atoms with Gasteiger partial charge in [0, 0.05) is 11.1 Å². The van der Waals surface area contributed by atoms with Gasteiger partial charge in [0.2, 0.25) is 0 Å². The molecule has 0 aliphatic rings. The lowest BCUT2D eigenvalue weighted by Crippen LogP contribution is -2.40. The van der Waals surface area contributed by atoms with Gasteiger partial charge in [-0.25, -0.2) is 0 Å². The molecule has 0 unspecified atom stereocenters. The predicted octanol–water partition coefficient (Wildman–Crippen LogP) is 2.59. The fourth-order valence-corrected chi connectivity index (χ4v) is 1.43. The van der Waals surface area contributed by atoms with Crippen LogP contribution in [0.5, 0.6) is 5.75 Å². The fraction of sp³-hybridized carbons (Fsp3) is 0.500. The Kier molecular flexibility index (Phi) is 4.59. The second-order valence-electron chi connectivity index (χ2n) is 5.31. The van der Waals surface area contributed by atoms with Gasteiger partial charge >= 0.3 is 0 Å². The van der Waals surface area contributed by atoms with Crippen LogP contribution in [-0.2, 0) is 0 Å². The van der Waals surface area contributed by atoms with Gasteiger partial charge in [-0.15, -0.1) is 0 Å². The summed E-state index contributed by atoms with van der Waals surface area (Å²) in [5.41, 5.74) is 6.65. The molecule has 0 atom stereocenters. The van der Waals surface area contributed by atoms with Gasteiger partial charge in [-0.1, -0.05) is 6.92 Å². The smallest absolute Gasteiger partial charge is 0.251 e. The van der Waals surface area contributed by atoms with Crippen molar-refractivity contribution in [3.8, 4) is 5.75 Å². The van der Waals surface area contributed by atoms with Gasteiger partial charge in [-0.3, -0.25) is 4.79 Å². The summed E-state index contributed by atoms with van der Waals surface area (Å²) >= 11 is 0. The number of benzene rings is 1. The van der Waals surface area contributed by atoms with Crippen LogP contribution >= 0.6 is 0 Å². The molecule has 0 saturated carbocycles. The quantitative estimate of drug-likeness (QED) is 0.807. The minimum atomic E-state index is -0.261. The SMILES string of the molecule is CCCOc1cc(C(=O)NC(C)(C)C)ccc1N. The zero-order valence-electron chi connectivity index (χ0n) is 11.5. The van der Waals surface area contributed by atoms with Gasteiger partial charge in [0.1, 0.15) is 5.75 Å². The maximum Gasteiger partial charge on any atom is 0.251 e. The molecule has 0 bridgehead atoms. The predicted molar refractivity (Wildman–Crippen MR) is 73.9 cm³/mol. The van der Waals surface area contributed by atoms with Gasteiger partial charge in [-0.05, 0) is 45.4 Å². The van der Waals surface area contributed by atoms with Crippen molar-refractivity contribution in [1.82, 2.24) is 5.32 Å². The maximum absolute atomic E-state index is 12.0. The molecular weight excluding hydrogens is 228 g/mol. The third-order valence-corrected chi connectivity index (χ3v) is 2.23. The van der Waals surface area contributed by atoms with Gasteiger partial charge in [0.15, 0.2) is 0 Å². The molecule has 4 nitrogen and oxygen atoms in total. The summed E-state index contributed by atoms with van der Waals surface area (Å²) in [6, 6.07) is 5.09. The molecule has 1 amide bonds. The molecule has 0 heterocycles. The lowest BCUT2D eigenvalue weighted by atomic mass is 10.1. The van der Waals surface area contributed by atoms with Crippen molar-refractivity contribution in [2.75, 3.05) is 12.3 Å². The third-order valence-electron chi connectivity index (χ3n) is 2.23. The van der Waals surface area contributed by atoms with E-state index in [0.717, 1.165) is 6.42 Å². The molecule has 0 aliphatic heterocycles. The first-order valence-corrected chi connectivity index (χ1v) is 6.18. The van der Waals surface area contributed by atoms with Crippen LogP contribution in [0.3, 0.4) is 0 Å². The molecule has 100 valence electrons. The summed E-state index contributed by atoms with van der Waals surface area (Å²) < 4.78 is 5.50. The lowest BCUT2D eigenvalue weighted by molar-refractivity contribution is 0.0919. The number of ether oxygens (including phenoxy) is 1. The minimum Gasteiger partial charge on any atom is -0.491 e. The van der Waals surface area contributed by atoms with Gasteiger partial charge in [0.05, 0.1) is 12.3 Å². The van der Waals surface area contributed by atoms with Crippen molar-refractivity contribution in [2.24, 2.45) is 0 Å². The lowest BCUT2D eigenvalue weighted by Gasteiger charge is -2.20. The summed E-state index contributed by atoms with van der Waals surface area (Å²) in [5.74, 6) is 0.447. The van der Waals surface area contributed by atoms with Crippen molar-refractivity contribution in [1.29, 1.82) is 0 Å². The number of nitrogens with two attached hydrogens (primary N) is 1. The summed E-state index contributed by atoms with van der Waals surface area (Å²) in [6.45, 7) is 8.44. The second-order valence-corrected chi connectivity index (χ2v) is 5.31. The van der Waals surface area contributed by atoms with E-state index < -0.39 is 0 Å². The van der Waals surface area contributed by atoms with E-state index in [-0.39, 0.29) is 11.4 Å². The highest BCUT2D eigenvalue weighted by molar-refractivity contribution is 5.95. The van der Waals surface area contributed by atoms with E-state index in [1.807, 2.05) is 27.7 Å². The average molecular weight is 250 g/mol. The van der Waals surface area contributed by atoms with Crippen LogP contribution in [0, 0.1) is 0 Å². The van der Waals surface area contributed by atoms with E-state index in [9.17, 15) is 4.79 Å². The number of nitrogens with one attached hydrogen (secondary N) is 1. The van der Waals surface area contributed by atoms with E-state index >= 15 is 0 Å². The van der Waals surface area contributed by atoms with Crippen LogP contribution < -0.4 is 15.8 Å². The normalized spacial score (nSPS) is 11.1. The van der Waals surface area contributed by atoms with Crippen molar-refractivity contribution in [3.63, 3.8) is 0 Å². The number of anilines is 1. The Morgan fingerprint density at radius 2 is 2.06 bits per heavy atom. The Bertz CT molecular complexity index is 422.